The van der Waals surface area contributed by atoms with Gasteiger partial charge in [0.15, 0.2) is 0 Å². The SMILES string of the molecule is O=C(O)CCc1cn(-c2ccccc2)nc1-c1cccc2cccnc12. The second kappa shape index (κ2) is 6.80. The van der Waals surface area contributed by atoms with E-state index in [1.54, 1.807) is 10.9 Å². The van der Waals surface area contributed by atoms with Crippen LogP contribution >= 0.6 is 0 Å². The van der Waals surface area contributed by atoms with Crippen molar-refractivity contribution in [3.63, 3.8) is 0 Å². The van der Waals surface area contributed by atoms with Gasteiger partial charge in [0.1, 0.15) is 0 Å². The van der Waals surface area contributed by atoms with Crippen LogP contribution < -0.4 is 0 Å². The summed E-state index contributed by atoms with van der Waals surface area (Å²) >= 11 is 0. The van der Waals surface area contributed by atoms with Crippen LogP contribution in [0.15, 0.2) is 73.1 Å². The summed E-state index contributed by atoms with van der Waals surface area (Å²) in [7, 11) is 0. The zero-order valence-electron chi connectivity index (χ0n) is 14.0. The Hall–Kier alpha value is -3.47. The third-order valence-corrected chi connectivity index (χ3v) is 4.31. The molecule has 2 aromatic heterocycles. The number of benzene rings is 2. The molecule has 2 aromatic carbocycles. The number of aryl methyl sites for hydroxylation is 1. The predicted molar refractivity (Wildman–Crippen MR) is 100 cm³/mol. The molecule has 0 aliphatic heterocycles. The average Bonchev–Trinajstić information content (AvgIpc) is 3.11. The van der Waals surface area contributed by atoms with Crippen molar-refractivity contribution in [1.29, 1.82) is 0 Å². The van der Waals surface area contributed by atoms with Gasteiger partial charge in [-0.25, -0.2) is 4.68 Å². The minimum atomic E-state index is -0.820. The lowest BCUT2D eigenvalue weighted by atomic mass is 10.0. The summed E-state index contributed by atoms with van der Waals surface area (Å²) in [5.74, 6) is -0.820. The van der Waals surface area contributed by atoms with Crippen molar-refractivity contribution in [2.75, 3.05) is 0 Å². The van der Waals surface area contributed by atoms with Crippen molar-refractivity contribution >= 4 is 16.9 Å². The number of carboxylic acids is 1. The van der Waals surface area contributed by atoms with E-state index in [9.17, 15) is 4.79 Å². The minimum absolute atomic E-state index is 0.0612. The van der Waals surface area contributed by atoms with Crippen LogP contribution in [0.3, 0.4) is 0 Å². The van der Waals surface area contributed by atoms with E-state index in [-0.39, 0.29) is 6.42 Å². The standard InChI is InChI=1S/C21H17N3O2/c25-19(26)12-11-16-14-24(17-8-2-1-3-9-17)23-21(16)18-10-4-6-15-7-5-13-22-20(15)18/h1-10,13-14H,11-12H2,(H,25,26). The normalized spacial score (nSPS) is 10.9. The first kappa shape index (κ1) is 16.0. The van der Waals surface area contributed by atoms with E-state index in [2.05, 4.69) is 4.98 Å². The van der Waals surface area contributed by atoms with Gasteiger partial charge in [-0.05, 0) is 30.2 Å². The van der Waals surface area contributed by atoms with Gasteiger partial charge in [0.05, 0.1) is 16.9 Å². The highest BCUT2D eigenvalue weighted by atomic mass is 16.4. The van der Waals surface area contributed by atoms with Crippen molar-refractivity contribution in [2.24, 2.45) is 0 Å². The largest absolute Gasteiger partial charge is 0.481 e. The molecule has 0 saturated carbocycles. The Labute approximate surface area is 150 Å². The number of para-hydroxylation sites is 2. The van der Waals surface area contributed by atoms with Gasteiger partial charge < -0.3 is 5.11 Å². The van der Waals surface area contributed by atoms with E-state index in [1.165, 1.54) is 0 Å². The van der Waals surface area contributed by atoms with Crippen molar-refractivity contribution in [3.8, 4) is 16.9 Å². The summed E-state index contributed by atoms with van der Waals surface area (Å²) in [4.78, 5) is 15.6. The molecule has 5 nitrogen and oxygen atoms in total. The van der Waals surface area contributed by atoms with Gasteiger partial charge >= 0.3 is 5.97 Å². The number of hydrogen-bond donors (Lipinski definition) is 1. The Balaban J connectivity index is 1.88. The van der Waals surface area contributed by atoms with Crippen LogP contribution in [-0.4, -0.2) is 25.8 Å². The van der Waals surface area contributed by atoms with Crippen molar-refractivity contribution in [3.05, 3.63) is 78.6 Å². The van der Waals surface area contributed by atoms with E-state index < -0.39 is 5.97 Å². The number of nitrogens with zero attached hydrogens (tertiary/aromatic N) is 3. The van der Waals surface area contributed by atoms with E-state index in [1.807, 2.05) is 66.9 Å². The zero-order valence-corrected chi connectivity index (χ0v) is 14.0. The Morgan fingerprint density at radius 2 is 1.81 bits per heavy atom. The van der Waals surface area contributed by atoms with Crippen LogP contribution in [0.5, 0.6) is 0 Å². The smallest absolute Gasteiger partial charge is 0.303 e. The molecule has 4 aromatic rings. The van der Waals surface area contributed by atoms with Crippen LogP contribution in [0.25, 0.3) is 27.8 Å². The molecule has 0 saturated heterocycles. The minimum Gasteiger partial charge on any atom is -0.481 e. The molecule has 0 fully saturated rings. The summed E-state index contributed by atoms with van der Waals surface area (Å²) in [5.41, 5.74) is 4.39. The number of rotatable bonds is 5. The second-order valence-electron chi connectivity index (χ2n) is 6.06. The molecular weight excluding hydrogens is 326 g/mol. The van der Waals surface area contributed by atoms with Crippen LogP contribution in [0, 0.1) is 0 Å². The maximum atomic E-state index is 11.1. The van der Waals surface area contributed by atoms with Crippen molar-refractivity contribution in [1.82, 2.24) is 14.8 Å². The molecule has 0 unspecified atom stereocenters. The first-order chi connectivity index (χ1) is 12.7. The quantitative estimate of drug-likeness (QED) is 0.592. The first-order valence-electron chi connectivity index (χ1n) is 8.42. The maximum absolute atomic E-state index is 11.1. The van der Waals surface area contributed by atoms with Crippen LogP contribution in [0.2, 0.25) is 0 Å². The van der Waals surface area contributed by atoms with Crippen LogP contribution in [0.4, 0.5) is 0 Å². The third kappa shape index (κ3) is 3.07. The summed E-state index contributed by atoms with van der Waals surface area (Å²) in [6.45, 7) is 0. The number of aliphatic carboxylic acids is 1. The van der Waals surface area contributed by atoms with Gasteiger partial charge in [-0.15, -0.1) is 0 Å². The molecule has 0 radical (unpaired) electrons. The molecule has 0 atom stereocenters. The van der Waals surface area contributed by atoms with Gasteiger partial charge in [-0.3, -0.25) is 9.78 Å². The highest BCUT2D eigenvalue weighted by Crippen LogP contribution is 2.30. The molecule has 4 rings (SSSR count). The van der Waals surface area contributed by atoms with Gasteiger partial charge in [0, 0.05) is 29.8 Å². The monoisotopic (exact) mass is 343 g/mol. The number of fused-ring (bicyclic) bond motifs is 1. The Bertz CT molecular complexity index is 1070. The number of aromatic nitrogens is 3. The number of hydrogen-bond acceptors (Lipinski definition) is 3. The maximum Gasteiger partial charge on any atom is 0.303 e. The fourth-order valence-electron chi connectivity index (χ4n) is 3.07. The molecule has 1 N–H and O–H groups in total. The lowest BCUT2D eigenvalue weighted by Gasteiger charge is -2.05. The third-order valence-electron chi connectivity index (χ3n) is 4.31. The molecule has 128 valence electrons. The molecule has 26 heavy (non-hydrogen) atoms. The highest BCUT2D eigenvalue weighted by Gasteiger charge is 2.16. The average molecular weight is 343 g/mol. The number of carbonyl (C=O) groups is 1. The summed E-state index contributed by atoms with van der Waals surface area (Å²) in [6, 6.07) is 19.7. The Morgan fingerprint density at radius 3 is 2.62 bits per heavy atom. The first-order valence-corrected chi connectivity index (χ1v) is 8.42. The summed E-state index contributed by atoms with van der Waals surface area (Å²) in [5, 5.41) is 14.9. The molecule has 0 bridgehead atoms. The zero-order chi connectivity index (χ0) is 17.9. The van der Waals surface area contributed by atoms with E-state index >= 15 is 0 Å². The van der Waals surface area contributed by atoms with E-state index in [0.29, 0.717) is 6.42 Å². The number of carboxylic acid groups (broad SMARTS) is 1. The molecule has 0 amide bonds. The Kier molecular flexibility index (Phi) is 4.19. The van der Waals surface area contributed by atoms with Gasteiger partial charge in [-0.2, -0.15) is 5.10 Å². The molecule has 2 heterocycles. The molecule has 0 aliphatic rings. The van der Waals surface area contributed by atoms with Crippen molar-refractivity contribution in [2.45, 2.75) is 12.8 Å². The lowest BCUT2D eigenvalue weighted by molar-refractivity contribution is -0.136. The lowest BCUT2D eigenvalue weighted by Crippen LogP contribution is -1.98. The fourth-order valence-corrected chi connectivity index (χ4v) is 3.07. The van der Waals surface area contributed by atoms with Crippen LogP contribution in [0.1, 0.15) is 12.0 Å². The molecule has 0 aliphatic carbocycles. The van der Waals surface area contributed by atoms with E-state index in [4.69, 9.17) is 10.2 Å². The molecular formula is C21H17N3O2. The molecule has 0 spiro atoms. The number of pyridine rings is 1. The van der Waals surface area contributed by atoms with Crippen molar-refractivity contribution < 1.29 is 9.90 Å². The highest BCUT2D eigenvalue weighted by molar-refractivity contribution is 5.93. The van der Waals surface area contributed by atoms with Crippen LogP contribution in [-0.2, 0) is 11.2 Å². The summed E-state index contributed by atoms with van der Waals surface area (Å²) < 4.78 is 1.80. The summed E-state index contributed by atoms with van der Waals surface area (Å²) in [6.07, 6.45) is 4.15. The predicted octanol–water partition coefficient (Wildman–Crippen LogP) is 4.10. The molecule has 5 heteroatoms. The second-order valence-corrected chi connectivity index (χ2v) is 6.06. The van der Waals surface area contributed by atoms with E-state index in [0.717, 1.165) is 33.4 Å². The fraction of sp³-hybridized carbons (Fsp3) is 0.0952. The van der Waals surface area contributed by atoms with Gasteiger partial charge in [0.25, 0.3) is 0 Å². The van der Waals surface area contributed by atoms with Gasteiger partial charge in [0.2, 0.25) is 0 Å². The van der Waals surface area contributed by atoms with Gasteiger partial charge in [-0.1, -0.05) is 42.5 Å². The Morgan fingerprint density at radius 1 is 1.00 bits per heavy atom. The topological polar surface area (TPSA) is 68.0 Å².